The molecular weight excluding hydrogens is 265 g/mol. The summed E-state index contributed by atoms with van der Waals surface area (Å²) in [5.74, 6) is -2.39. The molecule has 1 aromatic carbocycles. The smallest absolute Gasteiger partial charge is 0.332 e. The Morgan fingerprint density at radius 3 is 2.75 bits per heavy atom. The fourth-order valence-electron chi connectivity index (χ4n) is 2.63. The lowest BCUT2D eigenvalue weighted by Crippen LogP contribution is -2.56. The van der Waals surface area contributed by atoms with Crippen molar-refractivity contribution >= 4 is 11.9 Å². The number of hydrogen-bond donors (Lipinski definition) is 1. The number of rotatable bonds is 4. The molecular formula is C14H16FNO4. The van der Waals surface area contributed by atoms with E-state index in [1.807, 2.05) is 0 Å². The number of halogens is 1. The molecule has 0 bridgehead atoms. The van der Waals surface area contributed by atoms with Crippen LogP contribution in [0.15, 0.2) is 24.3 Å². The van der Waals surface area contributed by atoms with Gasteiger partial charge < -0.3 is 14.7 Å². The number of likely N-dealkylation sites (tertiary alicyclic amines) is 1. The van der Waals surface area contributed by atoms with Crippen LogP contribution in [0.25, 0.3) is 0 Å². The molecule has 1 aliphatic rings. The lowest BCUT2D eigenvalue weighted by molar-refractivity contribution is -0.151. The van der Waals surface area contributed by atoms with Gasteiger partial charge in [0.1, 0.15) is 5.82 Å². The lowest BCUT2D eigenvalue weighted by atomic mass is 9.96. The average molecular weight is 281 g/mol. The van der Waals surface area contributed by atoms with E-state index in [0.717, 1.165) is 0 Å². The highest BCUT2D eigenvalue weighted by molar-refractivity contribution is 5.98. The predicted molar refractivity (Wildman–Crippen MR) is 68.9 cm³/mol. The number of carbonyl (C=O) groups is 2. The zero-order chi connectivity index (χ0) is 14.8. The second-order valence-corrected chi connectivity index (χ2v) is 4.81. The van der Waals surface area contributed by atoms with E-state index in [2.05, 4.69) is 0 Å². The van der Waals surface area contributed by atoms with E-state index in [-0.39, 0.29) is 18.7 Å². The van der Waals surface area contributed by atoms with Crippen LogP contribution < -0.4 is 0 Å². The van der Waals surface area contributed by atoms with E-state index in [1.54, 1.807) is 6.07 Å². The minimum Gasteiger partial charge on any atom is -0.479 e. The minimum absolute atomic E-state index is 0.109. The van der Waals surface area contributed by atoms with Crippen LogP contribution in [0.3, 0.4) is 0 Å². The Hall–Kier alpha value is -1.95. The van der Waals surface area contributed by atoms with Gasteiger partial charge in [-0.25, -0.2) is 9.18 Å². The highest BCUT2D eigenvalue weighted by atomic mass is 19.1. The molecule has 1 saturated heterocycles. The molecule has 0 aromatic heterocycles. The quantitative estimate of drug-likeness (QED) is 0.909. The van der Waals surface area contributed by atoms with Crippen molar-refractivity contribution < 1.29 is 23.8 Å². The molecule has 1 atom stereocenters. The average Bonchev–Trinajstić information content (AvgIpc) is 2.84. The van der Waals surface area contributed by atoms with Gasteiger partial charge in [-0.3, -0.25) is 4.79 Å². The summed E-state index contributed by atoms with van der Waals surface area (Å²) in [6.45, 7) is 0.172. The van der Waals surface area contributed by atoms with Gasteiger partial charge in [0.2, 0.25) is 0 Å². The first-order valence-electron chi connectivity index (χ1n) is 6.32. The van der Waals surface area contributed by atoms with Crippen molar-refractivity contribution in [2.75, 3.05) is 20.3 Å². The topological polar surface area (TPSA) is 66.8 Å². The van der Waals surface area contributed by atoms with Gasteiger partial charge in [-0.15, -0.1) is 0 Å². The van der Waals surface area contributed by atoms with Crippen molar-refractivity contribution in [2.45, 2.75) is 18.4 Å². The molecule has 1 N–H and O–H groups in total. The van der Waals surface area contributed by atoms with Gasteiger partial charge in [0.05, 0.1) is 12.2 Å². The van der Waals surface area contributed by atoms with E-state index in [4.69, 9.17) is 4.74 Å². The van der Waals surface area contributed by atoms with E-state index < -0.39 is 23.2 Å². The van der Waals surface area contributed by atoms with Gasteiger partial charge in [-0.1, -0.05) is 12.1 Å². The SMILES string of the molecule is COCC1(C(=O)O)CCCN1C(=O)c1ccccc1F. The number of carboxylic acid groups (broad SMARTS) is 1. The number of nitrogens with zero attached hydrogens (tertiary/aromatic N) is 1. The summed E-state index contributed by atoms with van der Waals surface area (Å²) in [6, 6.07) is 5.57. The third-order valence-electron chi connectivity index (χ3n) is 3.62. The maximum atomic E-state index is 13.7. The molecule has 20 heavy (non-hydrogen) atoms. The van der Waals surface area contributed by atoms with Crippen molar-refractivity contribution in [1.82, 2.24) is 4.90 Å². The standard InChI is InChI=1S/C14H16FNO4/c1-20-9-14(13(18)19)7-4-8-16(14)12(17)10-5-2-3-6-11(10)15/h2-3,5-6H,4,7-9H2,1H3,(H,18,19). The second kappa shape index (κ2) is 5.58. The van der Waals surface area contributed by atoms with Crippen LogP contribution in [0.1, 0.15) is 23.2 Å². The normalized spacial score (nSPS) is 22.0. The minimum atomic E-state index is -1.41. The molecule has 6 heteroatoms. The first-order valence-corrected chi connectivity index (χ1v) is 6.32. The van der Waals surface area contributed by atoms with Gasteiger partial charge in [-0.2, -0.15) is 0 Å². The molecule has 0 radical (unpaired) electrons. The maximum absolute atomic E-state index is 13.7. The monoisotopic (exact) mass is 281 g/mol. The summed E-state index contributed by atoms with van der Waals surface area (Å²) in [4.78, 5) is 25.2. The molecule has 0 saturated carbocycles. The van der Waals surface area contributed by atoms with E-state index in [0.29, 0.717) is 12.8 Å². The Labute approximate surface area is 116 Å². The van der Waals surface area contributed by atoms with Crippen LogP contribution >= 0.6 is 0 Å². The van der Waals surface area contributed by atoms with Crippen molar-refractivity contribution in [3.8, 4) is 0 Å². The molecule has 1 heterocycles. The Morgan fingerprint density at radius 1 is 1.45 bits per heavy atom. The molecule has 1 unspecified atom stereocenters. The summed E-state index contributed by atoms with van der Waals surface area (Å²) in [5.41, 5.74) is -1.52. The van der Waals surface area contributed by atoms with Crippen molar-refractivity contribution in [3.63, 3.8) is 0 Å². The van der Waals surface area contributed by atoms with Crippen LogP contribution in [-0.4, -0.2) is 47.7 Å². The van der Waals surface area contributed by atoms with Gasteiger partial charge >= 0.3 is 5.97 Å². The molecule has 1 aliphatic heterocycles. The molecule has 0 spiro atoms. The number of carbonyl (C=O) groups excluding carboxylic acids is 1. The summed E-state index contributed by atoms with van der Waals surface area (Å²) in [6.07, 6.45) is 0.853. The highest BCUT2D eigenvalue weighted by Gasteiger charge is 2.50. The van der Waals surface area contributed by atoms with Gasteiger partial charge in [0.15, 0.2) is 5.54 Å². The number of amides is 1. The van der Waals surface area contributed by atoms with Gasteiger partial charge in [-0.05, 0) is 25.0 Å². The zero-order valence-corrected chi connectivity index (χ0v) is 11.1. The number of ether oxygens (including phenoxy) is 1. The van der Waals surface area contributed by atoms with Crippen LogP contribution in [0.4, 0.5) is 4.39 Å². The highest BCUT2D eigenvalue weighted by Crippen LogP contribution is 2.32. The molecule has 0 aliphatic carbocycles. The predicted octanol–water partition coefficient (Wildman–Crippen LogP) is 1.53. The van der Waals surface area contributed by atoms with Gasteiger partial charge in [0.25, 0.3) is 5.91 Å². The summed E-state index contributed by atoms with van der Waals surface area (Å²) < 4.78 is 18.7. The number of methoxy groups -OCH3 is 1. The molecule has 2 rings (SSSR count). The zero-order valence-electron chi connectivity index (χ0n) is 11.1. The van der Waals surface area contributed by atoms with Crippen molar-refractivity contribution in [1.29, 1.82) is 0 Å². The molecule has 1 aromatic rings. The number of carboxylic acids is 1. The lowest BCUT2D eigenvalue weighted by Gasteiger charge is -2.34. The fraction of sp³-hybridized carbons (Fsp3) is 0.429. The number of aliphatic carboxylic acids is 1. The molecule has 5 nitrogen and oxygen atoms in total. The second-order valence-electron chi connectivity index (χ2n) is 4.81. The first kappa shape index (κ1) is 14.5. The third kappa shape index (κ3) is 2.27. The van der Waals surface area contributed by atoms with Crippen LogP contribution in [0.5, 0.6) is 0 Å². The van der Waals surface area contributed by atoms with Gasteiger partial charge in [0, 0.05) is 13.7 Å². The fourth-order valence-corrected chi connectivity index (χ4v) is 2.63. The largest absolute Gasteiger partial charge is 0.479 e. The summed E-state index contributed by atoms with van der Waals surface area (Å²) in [5, 5.41) is 9.46. The maximum Gasteiger partial charge on any atom is 0.332 e. The van der Waals surface area contributed by atoms with E-state index >= 15 is 0 Å². The molecule has 1 amide bonds. The Bertz CT molecular complexity index is 534. The Kier molecular flexibility index (Phi) is 4.04. The summed E-state index contributed by atoms with van der Waals surface area (Å²) in [7, 11) is 1.38. The van der Waals surface area contributed by atoms with E-state index in [1.165, 1.54) is 30.2 Å². The number of benzene rings is 1. The summed E-state index contributed by atoms with van der Waals surface area (Å²) >= 11 is 0. The first-order chi connectivity index (χ1) is 9.53. The Balaban J connectivity index is 2.38. The van der Waals surface area contributed by atoms with Crippen LogP contribution in [-0.2, 0) is 9.53 Å². The third-order valence-corrected chi connectivity index (χ3v) is 3.62. The number of hydrogen-bond acceptors (Lipinski definition) is 3. The molecule has 108 valence electrons. The van der Waals surface area contributed by atoms with E-state index in [9.17, 15) is 19.1 Å². The van der Waals surface area contributed by atoms with Crippen LogP contribution in [0, 0.1) is 5.82 Å². The Morgan fingerprint density at radius 2 is 2.15 bits per heavy atom. The van der Waals surface area contributed by atoms with Crippen molar-refractivity contribution in [3.05, 3.63) is 35.6 Å². The van der Waals surface area contributed by atoms with Crippen molar-refractivity contribution in [2.24, 2.45) is 0 Å². The van der Waals surface area contributed by atoms with Crippen LogP contribution in [0.2, 0.25) is 0 Å². The molecule has 1 fully saturated rings.